The quantitative estimate of drug-likeness (QED) is 0.481. The number of nitrogens with one attached hydrogen (secondary N) is 1. The number of ether oxygens (including phenoxy) is 1. The molecule has 0 bridgehead atoms. The molecule has 1 aliphatic rings. The molecule has 0 aliphatic heterocycles. The van der Waals surface area contributed by atoms with E-state index < -0.39 is 28.7 Å². The van der Waals surface area contributed by atoms with Crippen LogP contribution in [0, 0.1) is 0 Å². The maximum absolute atomic E-state index is 13.8. The van der Waals surface area contributed by atoms with Crippen molar-refractivity contribution in [3.05, 3.63) is 60.2 Å². The molecule has 37 heavy (non-hydrogen) atoms. The molecule has 1 fully saturated rings. The van der Waals surface area contributed by atoms with E-state index >= 15 is 0 Å². The normalized spacial score (nSPS) is 15.2. The Morgan fingerprint density at radius 2 is 1.62 bits per heavy atom. The molecule has 0 aromatic heterocycles. The monoisotopic (exact) mass is 530 g/mol. The molecule has 1 saturated carbocycles. The highest BCUT2D eigenvalue weighted by molar-refractivity contribution is 7.90. The maximum atomic E-state index is 13.8. The number of methoxy groups -OCH3 is 1. The van der Waals surface area contributed by atoms with E-state index in [0.717, 1.165) is 39.9 Å². The second-order valence-electron chi connectivity index (χ2n) is 9.52. The van der Waals surface area contributed by atoms with Gasteiger partial charge < -0.3 is 15.0 Å². The molecule has 202 valence electrons. The molecule has 2 aromatic carbocycles. The maximum Gasteiger partial charge on any atom is 0.304 e. The van der Waals surface area contributed by atoms with Crippen molar-refractivity contribution < 1.29 is 22.7 Å². The fourth-order valence-electron chi connectivity index (χ4n) is 4.39. The fraction of sp³-hybridized carbons (Fsp3) is 0.481. The predicted molar refractivity (Wildman–Crippen MR) is 144 cm³/mol. The number of carbonyl (C=O) groups excluding carboxylic acids is 2. The summed E-state index contributed by atoms with van der Waals surface area (Å²) in [5.74, 6) is -0.0380. The van der Waals surface area contributed by atoms with E-state index in [1.54, 1.807) is 56.5 Å². The Hall–Kier alpha value is -3.11. The zero-order valence-corrected chi connectivity index (χ0v) is 22.9. The van der Waals surface area contributed by atoms with Gasteiger partial charge in [-0.05, 0) is 49.6 Å². The van der Waals surface area contributed by atoms with Crippen molar-refractivity contribution in [2.45, 2.75) is 57.7 Å². The molecule has 0 saturated heterocycles. The van der Waals surface area contributed by atoms with Crippen LogP contribution in [-0.4, -0.2) is 69.3 Å². The van der Waals surface area contributed by atoms with Gasteiger partial charge in [-0.2, -0.15) is 12.7 Å². The van der Waals surface area contributed by atoms with E-state index in [4.69, 9.17) is 4.74 Å². The highest BCUT2D eigenvalue weighted by Gasteiger charge is 2.33. The molecule has 1 N–H and O–H groups in total. The van der Waals surface area contributed by atoms with Crippen LogP contribution in [0.1, 0.15) is 44.6 Å². The first-order chi connectivity index (χ1) is 17.6. The molecular weight excluding hydrogens is 492 g/mol. The summed E-state index contributed by atoms with van der Waals surface area (Å²) in [5, 5.41) is 3.10. The zero-order valence-electron chi connectivity index (χ0n) is 22.1. The molecule has 0 spiro atoms. The SMILES string of the molecule is COc1ccc(CN(C(=O)CN(c2ccccc2)S(=O)(=O)N(C)C)[C@@H](C)C(=O)NC2CCCCC2)cc1. The molecule has 1 atom stereocenters. The van der Waals surface area contributed by atoms with Crippen molar-refractivity contribution in [2.75, 3.05) is 32.1 Å². The number of amides is 2. The standard InChI is InChI=1S/C27H38N4O5S/c1-21(27(33)28-23-11-7-5-8-12-23)30(19-22-15-17-25(36-4)18-16-22)26(32)20-31(37(34,35)29(2)3)24-13-9-6-10-14-24/h6,9-10,13-18,21,23H,5,7-8,11-12,19-20H2,1-4H3,(H,28,33)/t21-/m0/s1. The summed E-state index contributed by atoms with van der Waals surface area (Å²) in [4.78, 5) is 28.4. The minimum absolute atomic E-state index is 0.0941. The summed E-state index contributed by atoms with van der Waals surface area (Å²) in [6.07, 6.45) is 5.16. The van der Waals surface area contributed by atoms with Crippen LogP contribution in [0.2, 0.25) is 0 Å². The average molecular weight is 531 g/mol. The number of benzene rings is 2. The van der Waals surface area contributed by atoms with Crippen LogP contribution >= 0.6 is 0 Å². The second kappa shape index (κ2) is 12.9. The highest BCUT2D eigenvalue weighted by atomic mass is 32.2. The second-order valence-corrected chi connectivity index (χ2v) is 11.6. The Morgan fingerprint density at radius 3 is 2.19 bits per heavy atom. The van der Waals surface area contributed by atoms with Gasteiger partial charge in [0.05, 0.1) is 12.8 Å². The third-order valence-electron chi connectivity index (χ3n) is 6.69. The van der Waals surface area contributed by atoms with Crippen molar-refractivity contribution in [1.82, 2.24) is 14.5 Å². The minimum atomic E-state index is -3.97. The van der Waals surface area contributed by atoms with E-state index in [0.29, 0.717) is 11.4 Å². The third kappa shape index (κ3) is 7.45. The number of anilines is 1. The summed E-state index contributed by atoms with van der Waals surface area (Å²) in [6.45, 7) is 1.39. The van der Waals surface area contributed by atoms with Crippen LogP contribution in [-0.2, 0) is 26.3 Å². The van der Waals surface area contributed by atoms with Crippen LogP contribution in [0.5, 0.6) is 5.75 Å². The smallest absolute Gasteiger partial charge is 0.304 e. The van der Waals surface area contributed by atoms with Gasteiger partial charge in [-0.3, -0.25) is 9.59 Å². The van der Waals surface area contributed by atoms with E-state index in [9.17, 15) is 18.0 Å². The zero-order chi connectivity index (χ0) is 27.0. The van der Waals surface area contributed by atoms with E-state index in [-0.39, 0.29) is 18.5 Å². The Morgan fingerprint density at radius 1 is 1.00 bits per heavy atom. The molecule has 10 heteroatoms. The van der Waals surface area contributed by atoms with Crippen molar-refractivity contribution in [1.29, 1.82) is 0 Å². The van der Waals surface area contributed by atoms with Crippen LogP contribution < -0.4 is 14.4 Å². The molecule has 0 radical (unpaired) electrons. The number of rotatable bonds is 11. The van der Waals surface area contributed by atoms with Crippen LogP contribution in [0.3, 0.4) is 0 Å². The lowest BCUT2D eigenvalue weighted by Gasteiger charge is -2.34. The summed E-state index contributed by atoms with van der Waals surface area (Å²) >= 11 is 0. The van der Waals surface area contributed by atoms with Gasteiger partial charge in [0.15, 0.2) is 0 Å². The predicted octanol–water partition coefficient (Wildman–Crippen LogP) is 3.17. The Labute approximate surface area is 220 Å². The van der Waals surface area contributed by atoms with Crippen LogP contribution in [0.25, 0.3) is 0 Å². The Balaban J connectivity index is 1.89. The summed E-state index contributed by atoms with van der Waals surface area (Å²) < 4.78 is 33.7. The van der Waals surface area contributed by atoms with E-state index in [1.165, 1.54) is 25.4 Å². The lowest BCUT2D eigenvalue weighted by molar-refractivity contribution is -0.139. The topological polar surface area (TPSA) is 99.3 Å². The van der Waals surface area contributed by atoms with Crippen LogP contribution in [0.15, 0.2) is 54.6 Å². The molecule has 0 heterocycles. The first-order valence-electron chi connectivity index (χ1n) is 12.6. The average Bonchev–Trinajstić information content (AvgIpc) is 2.91. The van der Waals surface area contributed by atoms with Gasteiger partial charge in [-0.15, -0.1) is 0 Å². The molecule has 3 rings (SSSR count). The van der Waals surface area contributed by atoms with Crippen LogP contribution in [0.4, 0.5) is 5.69 Å². The molecular formula is C27H38N4O5S. The molecule has 2 amide bonds. The van der Waals surface area contributed by atoms with E-state index in [2.05, 4.69) is 5.32 Å². The molecule has 0 unspecified atom stereocenters. The Kier molecular flexibility index (Phi) is 9.93. The van der Waals surface area contributed by atoms with Crippen molar-refractivity contribution >= 4 is 27.7 Å². The number of hydrogen-bond acceptors (Lipinski definition) is 5. The minimum Gasteiger partial charge on any atom is -0.497 e. The third-order valence-corrected chi connectivity index (χ3v) is 8.51. The number of carbonyl (C=O) groups is 2. The molecule has 9 nitrogen and oxygen atoms in total. The van der Waals surface area contributed by atoms with Gasteiger partial charge in [-0.1, -0.05) is 49.6 Å². The first-order valence-corrected chi connectivity index (χ1v) is 14.0. The highest BCUT2D eigenvalue weighted by Crippen LogP contribution is 2.22. The van der Waals surface area contributed by atoms with Gasteiger partial charge >= 0.3 is 10.2 Å². The summed E-state index contributed by atoms with van der Waals surface area (Å²) in [5.41, 5.74) is 1.17. The van der Waals surface area contributed by atoms with Gasteiger partial charge in [0.25, 0.3) is 0 Å². The van der Waals surface area contributed by atoms with Gasteiger partial charge in [-0.25, -0.2) is 4.31 Å². The first kappa shape index (κ1) is 28.5. The Bertz CT molecular complexity index is 1130. The lowest BCUT2D eigenvalue weighted by Crippen LogP contribution is -2.53. The van der Waals surface area contributed by atoms with Gasteiger partial charge in [0, 0.05) is 26.7 Å². The molecule has 2 aromatic rings. The lowest BCUT2D eigenvalue weighted by atomic mass is 9.95. The van der Waals surface area contributed by atoms with Gasteiger partial charge in [0.1, 0.15) is 18.3 Å². The molecule has 1 aliphatic carbocycles. The number of hydrogen-bond donors (Lipinski definition) is 1. The summed E-state index contributed by atoms with van der Waals surface area (Å²) in [7, 11) is 0.450. The number of para-hydroxylation sites is 1. The van der Waals surface area contributed by atoms with Crippen molar-refractivity contribution in [3.8, 4) is 5.75 Å². The summed E-state index contributed by atoms with van der Waals surface area (Å²) in [6, 6.07) is 15.0. The van der Waals surface area contributed by atoms with Crippen molar-refractivity contribution in [2.24, 2.45) is 0 Å². The van der Waals surface area contributed by atoms with E-state index in [1.807, 2.05) is 12.1 Å². The number of nitrogens with zero attached hydrogens (tertiary/aromatic N) is 3. The van der Waals surface area contributed by atoms with Crippen molar-refractivity contribution in [3.63, 3.8) is 0 Å². The largest absolute Gasteiger partial charge is 0.497 e. The fourth-order valence-corrected chi connectivity index (χ4v) is 5.45. The van der Waals surface area contributed by atoms with Gasteiger partial charge in [0.2, 0.25) is 11.8 Å².